The minimum Gasteiger partial charge on any atom is -0.495 e. The van der Waals surface area contributed by atoms with Crippen LogP contribution in [0.2, 0.25) is 0 Å². The van der Waals surface area contributed by atoms with Crippen molar-refractivity contribution < 1.29 is 17.9 Å². The number of methoxy groups -OCH3 is 1. The normalized spacial score (nSPS) is 10.8. The molecule has 0 aliphatic carbocycles. The van der Waals surface area contributed by atoms with Gasteiger partial charge in [0.05, 0.1) is 35.9 Å². The highest BCUT2D eigenvalue weighted by molar-refractivity contribution is 7.92. The first-order chi connectivity index (χ1) is 17.4. The van der Waals surface area contributed by atoms with E-state index in [2.05, 4.69) is 5.32 Å². The number of nitriles is 1. The lowest BCUT2D eigenvalue weighted by Gasteiger charge is -2.26. The number of benzene rings is 4. The lowest BCUT2D eigenvalue weighted by Crippen LogP contribution is -2.31. The zero-order valence-corrected chi connectivity index (χ0v) is 20.3. The molecule has 0 radical (unpaired) electrons. The Bertz CT molecular complexity index is 1510. The van der Waals surface area contributed by atoms with Crippen molar-refractivity contribution in [3.8, 4) is 11.8 Å². The zero-order chi connectivity index (χ0) is 25.5. The third-order valence-corrected chi connectivity index (χ3v) is 7.23. The van der Waals surface area contributed by atoms with Gasteiger partial charge in [-0.05, 0) is 60.2 Å². The largest absolute Gasteiger partial charge is 0.495 e. The van der Waals surface area contributed by atoms with Gasteiger partial charge in [-0.2, -0.15) is 5.26 Å². The van der Waals surface area contributed by atoms with Crippen LogP contribution >= 0.6 is 0 Å². The molecule has 0 bridgehead atoms. The van der Waals surface area contributed by atoms with E-state index in [1.807, 2.05) is 36.4 Å². The van der Waals surface area contributed by atoms with Gasteiger partial charge in [-0.15, -0.1) is 0 Å². The second-order valence-corrected chi connectivity index (χ2v) is 9.70. The Kier molecular flexibility index (Phi) is 7.33. The molecule has 0 spiro atoms. The number of carbonyl (C=O) groups excluding carboxylic acids is 1. The van der Waals surface area contributed by atoms with Gasteiger partial charge in [0.2, 0.25) is 0 Å². The summed E-state index contributed by atoms with van der Waals surface area (Å²) in [6, 6.07) is 30.4. The highest BCUT2D eigenvalue weighted by Crippen LogP contribution is 2.34. The standard InChI is InChI=1S/C28H23N3O4S/c1-35-27-13-6-5-12-26(27)31(20-22-8-3-2-4-9-22)36(33,34)25-11-7-10-23(18-25)28(32)30-24-16-14-21(19-29)15-17-24/h2-18H,20H2,1H3,(H,30,32). The summed E-state index contributed by atoms with van der Waals surface area (Å²) in [7, 11) is -2.60. The molecule has 0 unspecified atom stereocenters. The van der Waals surface area contributed by atoms with Crippen molar-refractivity contribution in [2.24, 2.45) is 0 Å². The molecule has 0 saturated heterocycles. The van der Waals surface area contributed by atoms with Crippen molar-refractivity contribution in [2.45, 2.75) is 11.4 Å². The summed E-state index contributed by atoms with van der Waals surface area (Å²) >= 11 is 0. The summed E-state index contributed by atoms with van der Waals surface area (Å²) in [5.41, 5.74) is 2.32. The molecule has 0 aliphatic heterocycles. The highest BCUT2D eigenvalue weighted by Gasteiger charge is 2.28. The van der Waals surface area contributed by atoms with E-state index < -0.39 is 15.9 Å². The summed E-state index contributed by atoms with van der Waals surface area (Å²) in [6.07, 6.45) is 0. The van der Waals surface area contributed by atoms with Crippen molar-refractivity contribution in [1.29, 1.82) is 5.26 Å². The van der Waals surface area contributed by atoms with Gasteiger partial charge in [-0.25, -0.2) is 8.42 Å². The van der Waals surface area contributed by atoms with Crippen LogP contribution in [0.25, 0.3) is 0 Å². The molecule has 0 saturated carbocycles. The van der Waals surface area contributed by atoms with Gasteiger partial charge in [0.1, 0.15) is 5.75 Å². The number of rotatable bonds is 8. The topological polar surface area (TPSA) is 99.5 Å². The van der Waals surface area contributed by atoms with Crippen molar-refractivity contribution in [3.63, 3.8) is 0 Å². The zero-order valence-electron chi connectivity index (χ0n) is 19.5. The van der Waals surface area contributed by atoms with Crippen molar-refractivity contribution in [2.75, 3.05) is 16.7 Å². The highest BCUT2D eigenvalue weighted by atomic mass is 32.2. The quantitative estimate of drug-likeness (QED) is 0.360. The van der Waals surface area contributed by atoms with E-state index in [0.717, 1.165) is 5.56 Å². The molecule has 36 heavy (non-hydrogen) atoms. The Morgan fingerprint density at radius 1 is 0.917 bits per heavy atom. The Balaban J connectivity index is 1.70. The molecule has 0 aliphatic rings. The van der Waals surface area contributed by atoms with Gasteiger partial charge in [-0.3, -0.25) is 9.10 Å². The fourth-order valence-electron chi connectivity index (χ4n) is 3.64. The van der Waals surface area contributed by atoms with Crippen molar-refractivity contribution >= 4 is 27.3 Å². The number of nitrogens with one attached hydrogen (secondary N) is 1. The molecule has 0 aromatic heterocycles. The summed E-state index contributed by atoms with van der Waals surface area (Å²) in [4.78, 5) is 12.8. The fourth-order valence-corrected chi connectivity index (χ4v) is 5.15. The van der Waals surface area contributed by atoms with E-state index in [0.29, 0.717) is 22.7 Å². The molecule has 1 amide bonds. The van der Waals surface area contributed by atoms with Gasteiger partial charge in [-0.1, -0.05) is 48.5 Å². The minimum absolute atomic E-state index is 0.0307. The third kappa shape index (κ3) is 5.37. The Morgan fingerprint density at radius 3 is 2.31 bits per heavy atom. The first kappa shape index (κ1) is 24.5. The van der Waals surface area contributed by atoms with Gasteiger partial charge >= 0.3 is 0 Å². The van der Waals surface area contributed by atoms with Crippen molar-refractivity contribution in [3.05, 3.63) is 120 Å². The van der Waals surface area contributed by atoms with E-state index >= 15 is 0 Å². The molecule has 180 valence electrons. The van der Waals surface area contributed by atoms with Gasteiger partial charge in [0.15, 0.2) is 0 Å². The van der Waals surface area contributed by atoms with Crippen LogP contribution in [-0.2, 0) is 16.6 Å². The molecule has 0 atom stereocenters. The van der Waals surface area contributed by atoms with Crippen molar-refractivity contribution in [1.82, 2.24) is 0 Å². The van der Waals surface area contributed by atoms with Crippen LogP contribution < -0.4 is 14.4 Å². The van der Waals surface area contributed by atoms with Crippen LogP contribution in [0.15, 0.2) is 108 Å². The van der Waals surface area contributed by atoms with Crippen LogP contribution in [0.5, 0.6) is 5.75 Å². The average molecular weight is 498 g/mol. The molecular weight excluding hydrogens is 474 g/mol. The molecule has 4 rings (SSSR count). The number of ether oxygens (including phenoxy) is 1. The number of sulfonamides is 1. The van der Waals surface area contributed by atoms with E-state index in [4.69, 9.17) is 10.00 Å². The second-order valence-electron chi connectivity index (χ2n) is 7.84. The molecule has 0 heterocycles. The molecular formula is C28H23N3O4S. The Morgan fingerprint density at radius 2 is 1.61 bits per heavy atom. The lowest BCUT2D eigenvalue weighted by molar-refractivity contribution is 0.102. The summed E-state index contributed by atoms with van der Waals surface area (Å²) in [5, 5.41) is 11.7. The second kappa shape index (κ2) is 10.8. The minimum atomic E-state index is -4.09. The molecule has 4 aromatic rings. The van der Waals surface area contributed by atoms with Crippen LogP contribution in [-0.4, -0.2) is 21.4 Å². The van der Waals surface area contributed by atoms with Crippen LogP contribution in [0.1, 0.15) is 21.5 Å². The monoisotopic (exact) mass is 497 g/mol. The summed E-state index contributed by atoms with van der Waals surface area (Å²) in [6.45, 7) is 0.0746. The lowest BCUT2D eigenvalue weighted by atomic mass is 10.2. The number of anilines is 2. The fraction of sp³-hybridized carbons (Fsp3) is 0.0714. The molecule has 0 fully saturated rings. The average Bonchev–Trinajstić information content (AvgIpc) is 2.92. The van der Waals surface area contributed by atoms with Crippen LogP contribution in [0.3, 0.4) is 0 Å². The summed E-state index contributed by atoms with van der Waals surface area (Å²) < 4.78 is 34.6. The predicted molar refractivity (Wildman–Crippen MR) is 138 cm³/mol. The third-order valence-electron chi connectivity index (χ3n) is 5.48. The van der Waals surface area contributed by atoms with E-state index in [1.54, 1.807) is 54.6 Å². The maximum Gasteiger partial charge on any atom is 0.264 e. The maximum atomic E-state index is 13.9. The van der Waals surface area contributed by atoms with Gasteiger partial charge in [0.25, 0.3) is 15.9 Å². The first-order valence-corrected chi connectivity index (χ1v) is 12.5. The number of hydrogen-bond acceptors (Lipinski definition) is 5. The molecule has 8 heteroatoms. The van der Waals surface area contributed by atoms with E-state index in [9.17, 15) is 13.2 Å². The van der Waals surface area contributed by atoms with E-state index in [-0.39, 0.29) is 17.0 Å². The molecule has 7 nitrogen and oxygen atoms in total. The number of amides is 1. The van der Waals surface area contributed by atoms with Gasteiger partial charge < -0.3 is 10.1 Å². The van der Waals surface area contributed by atoms with E-state index in [1.165, 1.54) is 29.6 Å². The van der Waals surface area contributed by atoms with Crippen LogP contribution in [0.4, 0.5) is 11.4 Å². The first-order valence-electron chi connectivity index (χ1n) is 11.0. The number of nitrogens with zero attached hydrogens (tertiary/aromatic N) is 2. The molecule has 4 aromatic carbocycles. The van der Waals surface area contributed by atoms with Gasteiger partial charge in [0, 0.05) is 11.3 Å². The Hall–Kier alpha value is -4.61. The predicted octanol–water partition coefficient (Wildman–Crippen LogP) is 5.21. The smallest absolute Gasteiger partial charge is 0.264 e. The number of carbonyl (C=O) groups is 1. The number of para-hydroxylation sites is 2. The number of hydrogen-bond donors (Lipinski definition) is 1. The summed E-state index contributed by atoms with van der Waals surface area (Å²) in [5.74, 6) is -0.0598. The van der Waals surface area contributed by atoms with Crippen LogP contribution in [0, 0.1) is 11.3 Å². The SMILES string of the molecule is COc1ccccc1N(Cc1ccccc1)S(=O)(=O)c1cccc(C(=O)Nc2ccc(C#N)cc2)c1. The maximum absolute atomic E-state index is 13.9. The molecule has 1 N–H and O–H groups in total. The Labute approximate surface area is 210 Å².